The van der Waals surface area contributed by atoms with Crippen molar-refractivity contribution in [1.29, 1.82) is 0 Å². The lowest BCUT2D eigenvalue weighted by molar-refractivity contribution is 0.128. The highest BCUT2D eigenvalue weighted by Crippen LogP contribution is 2.29. The van der Waals surface area contributed by atoms with Crippen molar-refractivity contribution in [2.45, 2.75) is 18.8 Å². The number of fused-ring (bicyclic) bond motifs is 1. The molecule has 0 aromatic rings. The summed E-state index contributed by atoms with van der Waals surface area (Å²) >= 11 is 0. The number of amides is 4. The summed E-state index contributed by atoms with van der Waals surface area (Å²) in [5.74, 6) is 0. The molecule has 92 valence electrons. The van der Waals surface area contributed by atoms with Crippen molar-refractivity contribution in [2.75, 3.05) is 13.1 Å². The van der Waals surface area contributed by atoms with Gasteiger partial charge in [-0.1, -0.05) is 12.2 Å². The molecule has 6 nitrogen and oxygen atoms in total. The highest BCUT2D eigenvalue weighted by molar-refractivity contribution is 5.86. The maximum absolute atomic E-state index is 11.8. The molecule has 0 aromatic heterocycles. The summed E-state index contributed by atoms with van der Waals surface area (Å²) in [6.45, 7) is 9.83. The molecule has 0 spiro atoms. The van der Waals surface area contributed by atoms with Crippen LogP contribution in [0, 0.1) is 0 Å². The van der Waals surface area contributed by atoms with Gasteiger partial charge >= 0.3 is 12.1 Å². The van der Waals surface area contributed by atoms with Crippen LogP contribution in [0.15, 0.2) is 25.3 Å². The number of hydrogen-bond acceptors (Lipinski definition) is 2. The zero-order valence-electron chi connectivity index (χ0n) is 9.77. The molecule has 0 aliphatic carbocycles. The quantitative estimate of drug-likeness (QED) is 0.696. The van der Waals surface area contributed by atoms with E-state index in [4.69, 9.17) is 0 Å². The summed E-state index contributed by atoms with van der Waals surface area (Å²) in [4.78, 5) is 26.8. The Morgan fingerprint density at radius 3 is 1.94 bits per heavy atom. The Kier molecular flexibility index (Phi) is 2.57. The summed E-state index contributed by atoms with van der Waals surface area (Å²) in [6.07, 6.45) is 2.93. The van der Waals surface area contributed by atoms with Gasteiger partial charge in [0, 0.05) is 13.1 Å². The van der Waals surface area contributed by atoms with Crippen LogP contribution in [0.3, 0.4) is 0 Å². The normalized spacial score (nSPS) is 31.0. The molecule has 2 aliphatic rings. The van der Waals surface area contributed by atoms with E-state index >= 15 is 0 Å². The average molecular weight is 236 g/mol. The summed E-state index contributed by atoms with van der Waals surface area (Å²) in [5.41, 5.74) is -0.750. The van der Waals surface area contributed by atoms with Crippen LogP contribution < -0.4 is 10.6 Å². The Hall–Kier alpha value is -1.98. The van der Waals surface area contributed by atoms with E-state index in [1.54, 1.807) is 28.9 Å². The number of nitrogens with one attached hydrogen (secondary N) is 2. The fourth-order valence-corrected chi connectivity index (χ4v) is 2.41. The first-order chi connectivity index (χ1) is 8.03. The van der Waals surface area contributed by atoms with Crippen LogP contribution >= 0.6 is 0 Å². The number of rotatable bonds is 4. The molecule has 17 heavy (non-hydrogen) atoms. The fourth-order valence-electron chi connectivity index (χ4n) is 2.41. The average Bonchev–Trinajstić information content (AvgIpc) is 2.61. The van der Waals surface area contributed by atoms with Gasteiger partial charge in [-0.3, -0.25) is 9.80 Å². The minimum absolute atomic E-state index is 0.202. The molecule has 0 atom stereocenters. The van der Waals surface area contributed by atoms with Crippen molar-refractivity contribution >= 4 is 12.1 Å². The predicted molar refractivity (Wildman–Crippen MR) is 63.1 cm³/mol. The molecule has 2 N–H and O–H groups in total. The molecule has 6 heteroatoms. The first-order valence-electron chi connectivity index (χ1n) is 5.43. The zero-order valence-corrected chi connectivity index (χ0v) is 9.77. The highest BCUT2D eigenvalue weighted by atomic mass is 16.2. The van der Waals surface area contributed by atoms with Gasteiger partial charge in [-0.05, 0) is 6.92 Å². The molecule has 2 saturated heterocycles. The minimum Gasteiger partial charge on any atom is -0.312 e. The van der Waals surface area contributed by atoms with Crippen molar-refractivity contribution in [3.05, 3.63) is 25.3 Å². The predicted octanol–water partition coefficient (Wildman–Crippen LogP) is 0.451. The van der Waals surface area contributed by atoms with Crippen molar-refractivity contribution in [3.8, 4) is 0 Å². The molecule has 0 unspecified atom stereocenters. The molecular weight excluding hydrogens is 220 g/mol. The van der Waals surface area contributed by atoms with Gasteiger partial charge in [-0.15, -0.1) is 13.2 Å². The van der Waals surface area contributed by atoms with Crippen LogP contribution in [0.1, 0.15) is 6.92 Å². The lowest BCUT2D eigenvalue weighted by Crippen LogP contribution is -2.54. The monoisotopic (exact) mass is 236 g/mol. The van der Waals surface area contributed by atoms with E-state index in [1.165, 1.54) is 0 Å². The smallest absolute Gasteiger partial charge is 0.312 e. The number of carbonyl (C=O) groups is 2. The standard InChI is InChI=1S/C11H16N4O2/c1-4-6-14-8-11(3,12-9(14)16)13-10(17)15(8)7-5-2/h4-5,8H,1-2,6-7H2,3H3,(H,12,16)(H,13,17). The topological polar surface area (TPSA) is 64.7 Å². The van der Waals surface area contributed by atoms with E-state index in [-0.39, 0.29) is 18.2 Å². The maximum atomic E-state index is 11.8. The first-order valence-corrected chi connectivity index (χ1v) is 5.43. The van der Waals surface area contributed by atoms with Gasteiger partial charge in [0.1, 0.15) is 0 Å². The molecule has 0 saturated carbocycles. The van der Waals surface area contributed by atoms with Gasteiger partial charge < -0.3 is 10.6 Å². The summed E-state index contributed by atoms with van der Waals surface area (Å²) in [6, 6.07) is -0.405. The number of urea groups is 2. The van der Waals surface area contributed by atoms with E-state index in [2.05, 4.69) is 23.8 Å². The van der Waals surface area contributed by atoms with Crippen molar-refractivity contribution in [2.24, 2.45) is 0 Å². The van der Waals surface area contributed by atoms with Crippen LogP contribution in [0.5, 0.6) is 0 Å². The Morgan fingerprint density at radius 2 is 1.59 bits per heavy atom. The molecular formula is C11H16N4O2. The van der Waals surface area contributed by atoms with E-state index in [1.807, 2.05) is 0 Å². The van der Waals surface area contributed by atoms with E-state index < -0.39 is 5.66 Å². The summed E-state index contributed by atoms with van der Waals surface area (Å²) < 4.78 is 0. The van der Waals surface area contributed by atoms with Crippen molar-refractivity contribution < 1.29 is 9.59 Å². The second-order valence-corrected chi connectivity index (χ2v) is 4.32. The van der Waals surface area contributed by atoms with Gasteiger partial charge in [-0.2, -0.15) is 0 Å². The fraction of sp³-hybridized carbons (Fsp3) is 0.455. The third-order valence-electron chi connectivity index (χ3n) is 3.01. The van der Waals surface area contributed by atoms with Crippen molar-refractivity contribution in [1.82, 2.24) is 20.4 Å². The molecule has 2 heterocycles. The van der Waals surface area contributed by atoms with Crippen LogP contribution in [0.25, 0.3) is 0 Å². The Balaban J connectivity index is 2.33. The molecule has 2 fully saturated rings. The van der Waals surface area contributed by atoms with E-state index in [0.717, 1.165) is 0 Å². The highest BCUT2D eigenvalue weighted by Gasteiger charge is 2.57. The lowest BCUT2D eigenvalue weighted by atomic mass is 10.1. The van der Waals surface area contributed by atoms with Crippen LogP contribution in [0.2, 0.25) is 0 Å². The largest absolute Gasteiger partial charge is 0.321 e. The molecule has 0 bridgehead atoms. The minimum atomic E-state index is -0.750. The van der Waals surface area contributed by atoms with Gasteiger partial charge in [-0.25, -0.2) is 9.59 Å². The maximum Gasteiger partial charge on any atom is 0.321 e. The number of carbonyl (C=O) groups excluding carboxylic acids is 2. The van der Waals surface area contributed by atoms with E-state index in [0.29, 0.717) is 13.1 Å². The molecule has 2 aliphatic heterocycles. The van der Waals surface area contributed by atoms with E-state index in [9.17, 15) is 9.59 Å². The second-order valence-electron chi connectivity index (χ2n) is 4.32. The van der Waals surface area contributed by atoms with Crippen LogP contribution in [-0.4, -0.2) is 46.8 Å². The van der Waals surface area contributed by atoms with Gasteiger partial charge in [0.15, 0.2) is 11.8 Å². The third-order valence-corrected chi connectivity index (χ3v) is 3.01. The number of hydrogen-bond donors (Lipinski definition) is 2. The van der Waals surface area contributed by atoms with Crippen LogP contribution in [0.4, 0.5) is 9.59 Å². The Bertz CT molecular complexity index is 361. The molecule has 0 aromatic carbocycles. The van der Waals surface area contributed by atoms with Gasteiger partial charge in [0.2, 0.25) is 0 Å². The Labute approximate surface area is 99.9 Å². The second kappa shape index (κ2) is 3.80. The Morgan fingerprint density at radius 1 is 1.18 bits per heavy atom. The molecule has 4 amide bonds. The molecule has 0 radical (unpaired) electrons. The summed E-state index contributed by atoms with van der Waals surface area (Å²) in [7, 11) is 0. The van der Waals surface area contributed by atoms with Crippen molar-refractivity contribution in [3.63, 3.8) is 0 Å². The lowest BCUT2D eigenvalue weighted by Gasteiger charge is -2.30. The van der Waals surface area contributed by atoms with Crippen LogP contribution in [-0.2, 0) is 0 Å². The SMILES string of the molecule is C=CCN1C(=O)NC2(C)NC(=O)N(CC=C)C12. The number of nitrogens with zero attached hydrogens (tertiary/aromatic N) is 2. The van der Waals surface area contributed by atoms with Gasteiger partial charge in [0.25, 0.3) is 0 Å². The first kappa shape index (κ1) is 11.5. The summed E-state index contributed by atoms with van der Waals surface area (Å²) in [5, 5.41) is 5.55. The third kappa shape index (κ3) is 1.56. The zero-order chi connectivity index (χ0) is 12.6. The molecule has 2 rings (SSSR count). The van der Waals surface area contributed by atoms with Gasteiger partial charge in [0.05, 0.1) is 0 Å².